The predicted molar refractivity (Wildman–Crippen MR) is 126 cm³/mol. The molecule has 8 heteroatoms. The summed E-state index contributed by atoms with van der Waals surface area (Å²) in [6.07, 6.45) is -1.12. The molecule has 2 atom stereocenters. The molecular weight excluding hydrogens is 453 g/mol. The molecule has 1 N–H and O–H groups in total. The lowest BCUT2D eigenvalue weighted by Crippen LogP contribution is -2.42. The summed E-state index contributed by atoms with van der Waals surface area (Å²) in [6, 6.07) is 17.3. The molecule has 1 saturated heterocycles. The van der Waals surface area contributed by atoms with Gasteiger partial charge in [0.15, 0.2) is 0 Å². The van der Waals surface area contributed by atoms with Gasteiger partial charge in [-0.2, -0.15) is 0 Å². The van der Waals surface area contributed by atoms with Crippen molar-refractivity contribution in [3.05, 3.63) is 94.1 Å². The molecule has 2 heterocycles. The number of carbonyl (C=O) groups is 2. The van der Waals surface area contributed by atoms with Crippen molar-refractivity contribution in [1.29, 1.82) is 0 Å². The van der Waals surface area contributed by atoms with Crippen molar-refractivity contribution >= 4 is 33.6 Å². The maximum atomic E-state index is 14.0. The molecule has 1 amide bonds. The number of carbonyl (C=O) groups excluding carboxylic acids is 2. The number of rotatable bonds is 5. The van der Waals surface area contributed by atoms with Crippen LogP contribution in [0.4, 0.5) is 4.39 Å². The van der Waals surface area contributed by atoms with E-state index in [-0.39, 0.29) is 31.6 Å². The zero-order chi connectivity index (χ0) is 24.5. The molecule has 3 aromatic carbocycles. The second-order valence-corrected chi connectivity index (χ2v) is 8.58. The number of hydrogen-bond acceptors (Lipinski definition) is 6. The van der Waals surface area contributed by atoms with Crippen LogP contribution in [0.25, 0.3) is 21.7 Å². The van der Waals surface area contributed by atoms with E-state index < -0.39 is 35.5 Å². The average molecular weight is 475 g/mol. The van der Waals surface area contributed by atoms with Crippen LogP contribution in [-0.4, -0.2) is 40.6 Å². The fourth-order valence-corrected chi connectivity index (χ4v) is 4.60. The molecule has 0 saturated carbocycles. The third kappa shape index (κ3) is 4.52. The minimum atomic E-state index is -1.01. The topological polar surface area (TPSA) is 97.1 Å². The molecule has 178 valence electrons. The van der Waals surface area contributed by atoms with Crippen LogP contribution in [-0.2, 0) is 27.4 Å². The Morgan fingerprint density at radius 1 is 1.06 bits per heavy atom. The predicted octanol–water partition coefficient (Wildman–Crippen LogP) is 3.33. The van der Waals surface area contributed by atoms with Gasteiger partial charge in [-0.25, -0.2) is 14.0 Å². The number of amides is 1. The fourth-order valence-electron chi connectivity index (χ4n) is 4.60. The van der Waals surface area contributed by atoms with E-state index in [1.807, 2.05) is 30.3 Å². The molecule has 1 aromatic heterocycles. The zero-order valence-corrected chi connectivity index (χ0v) is 18.6. The van der Waals surface area contributed by atoms with Gasteiger partial charge in [-0.15, -0.1) is 0 Å². The summed E-state index contributed by atoms with van der Waals surface area (Å²) < 4.78 is 24.9. The Labute approximate surface area is 199 Å². The Kier molecular flexibility index (Phi) is 6.05. The Morgan fingerprint density at radius 3 is 2.66 bits per heavy atom. The highest BCUT2D eigenvalue weighted by atomic mass is 19.1. The van der Waals surface area contributed by atoms with Gasteiger partial charge in [-0.05, 0) is 28.5 Å². The van der Waals surface area contributed by atoms with Crippen molar-refractivity contribution in [2.75, 3.05) is 6.54 Å². The molecule has 5 rings (SSSR count). The number of nitrogens with zero attached hydrogens (tertiary/aromatic N) is 1. The molecular formula is C27H22FNO6. The van der Waals surface area contributed by atoms with Gasteiger partial charge in [0, 0.05) is 30.0 Å². The quantitative estimate of drug-likeness (QED) is 0.270. The van der Waals surface area contributed by atoms with E-state index in [1.165, 1.54) is 29.2 Å². The normalized spacial score (nSPS) is 17.7. The standard InChI is InChI=1S/C27H22FNO6/c28-21-8-4-2-6-17(21)11-24(31)29-14-19(30)13-22(29)27(33)34-15-18-12-25(32)35-23-10-9-16-5-1-3-7-20(16)26(18)23/h1-10,12,19,22,30H,11,13-15H2. The van der Waals surface area contributed by atoms with Gasteiger partial charge in [0.1, 0.15) is 24.0 Å². The molecule has 4 aromatic rings. The largest absolute Gasteiger partial charge is 0.459 e. The summed E-state index contributed by atoms with van der Waals surface area (Å²) in [5.74, 6) is -1.70. The van der Waals surface area contributed by atoms with Crippen LogP contribution in [0.15, 0.2) is 75.9 Å². The van der Waals surface area contributed by atoms with E-state index in [1.54, 1.807) is 12.1 Å². The first kappa shape index (κ1) is 22.7. The number of aliphatic hydroxyl groups excluding tert-OH is 1. The van der Waals surface area contributed by atoms with Gasteiger partial charge in [0.25, 0.3) is 0 Å². The van der Waals surface area contributed by atoms with Gasteiger partial charge in [0.2, 0.25) is 5.91 Å². The third-order valence-corrected chi connectivity index (χ3v) is 6.26. The van der Waals surface area contributed by atoms with Crippen LogP contribution in [0.3, 0.4) is 0 Å². The zero-order valence-electron chi connectivity index (χ0n) is 18.6. The summed E-state index contributed by atoms with van der Waals surface area (Å²) in [5, 5.41) is 12.6. The first-order chi connectivity index (χ1) is 16.9. The average Bonchev–Trinajstić information content (AvgIpc) is 3.25. The number of benzene rings is 3. The van der Waals surface area contributed by atoms with Crippen molar-refractivity contribution in [2.45, 2.75) is 31.6 Å². The minimum Gasteiger partial charge on any atom is -0.459 e. The maximum absolute atomic E-state index is 14.0. The Morgan fingerprint density at radius 2 is 1.83 bits per heavy atom. The van der Waals surface area contributed by atoms with Gasteiger partial charge in [-0.1, -0.05) is 48.5 Å². The van der Waals surface area contributed by atoms with E-state index in [2.05, 4.69) is 0 Å². The SMILES string of the molecule is O=C(OCc1cc(=O)oc2ccc3ccccc3c12)C1CC(O)CN1C(=O)Cc1ccccc1F. The van der Waals surface area contributed by atoms with Crippen LogP contribution in [0, 0.1) is 5.82 Å². The van der Waals surface area contributed by atoms with E-state index in [9.17, 15) is 23.9 Å². The molecule has 0 aliphatic carbocycles. The van der Waals surface area contributed by atoms with E-state index >= 15 is 0 Å². The number of esters is 1. The van der Waals surface area contributed by atoms with Crippen LogP contribution >= 0.6 is 0 Å². The molecule has 1 aliphatic heterocycles. The molecule has 2 unspecified atom stereocenters. The van der Waals surface area contributed by atoms with E-state index in [0.717, 1.165) is 10.8 Å². The van der Waals surface area contributed by atoms with Crippen LogP contribution < -0.4 is 5.63 Å². The fraction of sp³-hybridized carbons (Fsp3) is 0.222. The van der Waals surface area contributed by atoms with Gasteiger partial charge in [-0.3, -0.25) is 4.79 Å². The Hall–Kier alpha value is -4.04. The number of hydrogen-bond donors (Lipinski definition) is 1. The summed E-state index contributed by atoms with van der Waals surface area (Å²) >= 11 is 0. The minimum absolute atomic E-state index is 0.0163. The lowest BCUT2D eigenvalue weighted by atomic mass is 10.0. The highest BCUT2D eigenvalue weighted by Gasteiger charge is 2.40. The lowest BCUT2D eigenvalue weighted by Gasteiger charge is -2.23. The summed E-state index contributed by atoms with van der Waals surface area (Å²) in [4.78, 5) is 39.2. The molecule has 0 bridgehead atoms. The highest BCUT2D eigenvalue weighted by molar-refractivity contribution is 6.07. The summed E-state index contributed by atoms with van der Waals surface area (Å²) in [5.41, 5.74) is 0.488. The molecule has 0 radical (unpaired) electrons. The first-order valence-corrected chi connectivity index (χ1v) is 11.2. The number of halogens is 1. The van der Waals surface area contributed by atoms with Crippen molar-refractivity contribution < 1.29 is 28.2 Å². The second-order valence-electron chi connectivity index (χ2n) is 8.58. The van der Waals surface area contributed by atoms with Crippen molar-refractivity contribution in [3.8, 4) is 0 Å². The van der Waals surface area contributed by atoms with Crippen molar-refractivity contribution in [1.82, 2.24) is 4.90 Å². The second kappa shape index (κ2) is 9.31. The molecule has 1 fully saturated rings. The monoisotopic (exact) mass is 475 g/mol. The van der Waals surface area contributed by atoms with Crippen molar-refractivity contribution in [3.63, 3.8) is 0 Å². The smallest absolute Gasteiger partial charge is 0.336 e. The maximum Gasteiger partial charge on any atom is 0.336 e. The Balaban J connectivity index is 1.37. The van der Waals surface area contributed by atoms with E-state index in [0.29, 0.717) is 16.5 Å². The van der Waals surface area contributed by atoms with Gasteiger partial charge < -0.3 is 19.2 Å². The molecule has 35 heavy (non-hydrogen) atoms. The highest BCUT2D eigenvalue weighted by Crippen LogP contribution is 2.28. The number of likely N-dealkylation sites (tertiary alicyclic amines) is 1. The number of β-amino-alcohol motifs (C(OH)–C–C–N with tert-alkyl or cyclic N) is 1. The Bertz CT molecular complexity index is 1500. The van der Waals surface area contributed by atoms with Crippen LogP contribution in [0.2, 0.25) is 0 Å². The number of aliphatic hydroxyl groups is 1. The third-order valence-electron chi connectivity index (χ3n) is 6.26. The van der Waals surface area contributed by atoms with Gasteiger partial charge in [0.05, 0.1) is 12.5 Å². The first-order valence-electron chi connectivity index (χ1n) is 11.2. The number of fused-ring (bicyclic) bond motifs is 3. The molecule has 7 nitrogen and oxygen atoms in total. The van der Waals surface area contributed by atoms with Crippen LogP contribution in [0.5, 0.6) is 0 Å². The van der Waals surface area contributed by atoms with Gasteiger partial charge >= 0.3 is 11.6 Å². The van der Waals surface area contributed by atoms with E-state index in [4.69, 9.17) is 9.15 Å². The molecule has 1 aliphatic rings. The lowest BCUT2D eigenvalue weighted by molar-refractivity contribution is -0.154. The summed E-state index contributed by atoms with van der Waals surface area (Å²) in [7, 11) is 0. The van der Waals surface area contributed by atoms with Crippen LogP contribution in [0.1, 0.15) is 17.5 Å². The van der Waals surface area contributed by atoms with Crippen molar-refractivity contribution in [2.24, 2.45) is 0 Å². The molecule has 0 spiro atoms. The summed E-state index contributed by atoms with van der Waals surface area (Å²) in [6.45, 7) is -0.258. The number of ether oxygens (including phenoxy) is 1.